The number of fused-ring (bicyclic) bond motifs is 1. The smallest absolute Gasteiger partial charge is 0.489 e. The van der Waals surface area contributed by atoms with Crippen LogP contribution in [0.5, 0.6) is 0 Å². The van der Waals surface area contributed by atoms with Gasteiger partial charge >= 0.3 is 13.3 Å². The van der Waals surface area contributed by atoms with Gasteiger partial charge in [0.05, 0.1) is 11.1 Å². The molecule has 3 aromatic carbocycles. The summed E-state index contributed by atoms with van der Waals surface area (Å²) in [6, 6.07) is 12.0. The molecule has 1 aliphatic rings. The molecule has 1 aromatic heterocycles. The maximum Gasteiger partial charge on any atom is 0.489 e. The molecule has 226 valence electrons. The van der Waals surface area contributed by atoms with Crippen LogP contribution in [0.4, 0.5) is 17.6 Å². The highest BCUT2D eigenvalue weighted by atomic mass is 32.2. The highest BCUT2D eigenvalue weighted by Gasteiger charge is 2.36. The minimum absolute atomic E-state index is 0.0733. The number of hydrogen-bond acceptors (Lipinski definition) is 6. The van der Waals surface area contributed by atoms with Gasteiger partial charge in [0.1, 0.15) is 17.2 Å². The number of alkyl halides is 3. The zero-order valence-corrected chi connectivity index (χ0v) is 23.6. The van der Waals surface area contributed by atoms with Gasteiger partial charge in [-0.05, 0) is 89.8 Å². The third kappa shape index (κ3) is 6.68. The van der Waals surface area contributed by atoms with Gasteiger partial charge in [0, 0.05) is 42.4 Å². The van der Waals surface area contributed by atoms with E-state index in [0.29, 0.717) is 22.1 Å². The molecule has 43 heavy (non-hydrogen) atoms. The number of carbonyl (C=O) groups is 1. The fourth-order valence-corrected chi connectivity index (χ4v) is 5.63. The fraction of sp³-hybridized carbons (Fsp3) is 0.276. The van der Waals surface area contributed by atoms with Crippen molar-refractivity contribution in [3.05, 3.63) is 88.2 Å². The van der Waals surface area contributed by atoms with Gasteiger partial charge in [-0.3, -0.25) is 9.00 Å². The quantitative estimate of drug-likeness (QED) is 0.140. The Bertz CT molecular complexity index is 1690. The predicted octanol–water partition coefficient (Wildman–Crippen LogP) is 4.01. The molecule has 0 saturated heterocycles. The summed E-state index contributed by atoms with van der Waals surface area (Å²) in [5.41, 5.74) is 0.772. The first kappa shape index (κ1) is 30.9. The van der Waals surface area contributed by atoms with Crippen molar-refractivity contribution in [3.8, 4) is 11.3 Å². The van der Waals surface area contributed by atoms with E-state index in [1.54, 1.807) is 6.07 Å². The molecule has 1 heterocycles. The molecule has 14 heteroatoms. The molecule has 1 unspecified atom stereocenters. The van der Waals surface area contributed by atoms with E-state index in [2.05, 4.69) is 5.32 Å². The summed E-state index contributed by atoms with van der Waals surface area (Å²) in [5, 5.41) is 21.8. The van der Waals surface area contributed by atoms with Crippen molar-refractivity contribution >= 4 is 40.7 Å². The van der Waals surface area contributed by atoms with Crippen LogP contribution >= 0.6 is 0 Å². The van der Waals surface area contributed by atoms with Crippen molar-refractivity contribution in [1.29, 1.82) is 0 Å². The van der Waals surface area contributed by atoms with Gasteiger partial charge in [-0.15, -0.1) is 0 Å². The van der Waals surface area contributed by atoms with E-state index in [9.17, 15) is 41.2 Å². The summed E-state index contributed by atoms with van der Waals surface area (Å²) in [6.45, 7) is -0.252. The molecular weight excluding hydrogens is 591 g/mol. The van der Waals surface area contributed by atoms with Crippen LogP contribution in [0, 0.1) is 5.82 Å². The van der Waals surface area contributed by atoms with E-state index in [4.69, 9.17) is 4.42 Å². The average Bonchev–Trinajstić information content (AvgIpc) is 3.74. The lowest BCUT2D eigenvalue weighted by atomic mass is 9.76. The zero-order valence-electron chi connectivity index (χ0n) is 22.8. The number of rotatable bonds is 10. The summed E-state index contributed by atoms with van der Waals surface area (Å²) in [4.78, 5) is 12.9. The van der Waals surface area contributed by atoms with Crippen LogP contribution in [0.2, 0.25) is 0 Å². The highest BCUT2D eigenvalue weighted by Crippen LogP contribution is 2.45. The van der Waals surface area contributed by atoms with E-state index < -0.39 is 47.3 Å². The molecule has 8 nitrogen and oxygen atoms in total. The summed E-state index contributed by atoms with van der Waals surface area (Å²) in [7, 11) is -0.842. The molecule has 0 radical (unpaired) electrons. The number of halogens is 4. The first-order valence-electron chi connectivity index (χ1n) is 13.3. The van der Waals surface area contributed by atoms with Crippen LogP contribution < -0.4 is 10.8 Å². The molecular formula is C29H26BF4N2O6S-. The maximum atomic E-state index is 13.6. The zero-order chi connectivity index (χ0) is 31.1. The first-order chi connectivity index (χ1) is 20.4. The predicted molar refractivity (Wildman–Crippen MR) is 151 cm³/mol. The van der Waals surface area contributed by atoms with E-state index in [-0.39, 0.29) is 42.3 Å². The van der Waals surface area contributed by atoms with Crippen molar-refractivity contribution in [1.82, 2.24) is 9.62 Å². The lowest BCUT2D eigenvalue weighted by Crippen LogP contribution is -2.36. The second kappa shape index (κ2) is 12.2. The second-order valence-corrected chi connectivity index (χ2v) is 11.3. The van der Waals surface area contributed by atoms with Crippen molar-refractivity contribution in [2.24, 2.45) is 0 Å². The monoisotopic (exact) mass is 617 g/mol. The Morgan fingerprint density at radius 1 is 1.14 bits per heavy atom. The van der Waals surface area contributed by atoms with E-state index in [1.165, 1.54) is 37.4 Å². The number of hydrogen-bond donors (Lipinski definition) is 3. The standard InChI is InChI=1S/C29H27BF4N2O6S/c1-35-28(37)26-22-14-21(17-3-4-17)19(13-25(22)42-27(26)18-5-7-20(31)8-6-18)15-36(43(40)41)11-10-16-2-9-24(30(38)39)23(12-16)29(32,33)34/h2,5-9,12-14,17,38-39H,3-4,10-11,15H2,1H3,(H,35,37)(H,40,41)/p-1. The molecule has 0 spiro atoms. The number of carbonyl (C=O) groups excluding carboxylic acids is 1. The van der Waals surface area contributed by atoms with Crippen LogP contribution in [-0.2, 0) is 30.4 Å². The Morgan fingerprint density at radius 3 is 2.42 bits per heavy atom. The van der Waals surface area contributed by atoms with Crippen LogP contribution in [0.3, 0.4) is 0 Å². The number of furan rings is 1. The van der Waals surface area contributed by atoms with Gasteiger partial charge in [0.15, 0.2) is 0 Å². The number of benzene rings is 3. The molecule has 1 aliphatic carbocycles. The van der Waals surface area contributed by atoms with E-state index in [1.807, 2.05) is 6.07 Å². The minimum Gasteiger partial charge on any atom is -0.760 e. The average molecular weight is 617 g/mol. The Labute approximate surface area is 246 Å². The van der Waals surface area contributed by atoms with Crippen molar-refractivity contribution in [3.63, 3.8) is 0 Å². The Kier molecular flexibility index (Phi) is 8.77. The molecule has 5 rings (SSSR count). The fourth-order valence-electron chi connectivity index (χ4n) is 5.15. The second-order valence-electron chi connectivity index (χ2n) is 10.3. The summed E-state index contributed by atoms with van der Waals surface area (Å²) in [6.07, 6.45) is -3.19. The molecule has 1 saturated carbocycles. The van der Waals surface area contributed by atoms with Crippen LogP contribution in [0.25, 0.3) is 22.3 Å². The summed E-state index contributed by atoms with van der Waals surface area (Å²) >= 11 is -2.74. The van der Waals surface area contributed by atoms with E-state index in [0.717, 1.165) is 34.8 Å². The topological polar surface area (TPSA) is 126 Å². The summed E-state index contributed by atoms with van der Waals surface area (Å²) in [5.74, 6) is -0.501. The van der Waals surface area contributed by atoms with Gasteiger partial charge in [0.25, 0.3) is 5.91 Å². The third-order valence-electron chi connectivity index (χ3n) is 7.44. The number of amides is 1. The van der Waals surface area contributed by atoms with Gasteiger partial charge in [-0.2, -0.15) is 13.2 Å². The number of nitrogens with one attached hydrogen (secondary N) is 1. The van der Waals surface area contributed by atoms with Gasteiger partial charge in [-0.1, -0.05) is 12.1 Å². The van der Waals surface area contributed by atoms with Gasteiger partial charge < -0.3 is 24.3 Å². The largest absolute Gasteiger partial charge is 0.760 e. The molecule has 1 fully saturated rings. The third-order valence-corrected chi connectivity index (χ3v) is 8.17. The Morgan fingerprint density at radius 2 is 1.84 bits per heavy atom. The van der Waals surface area contributed by atoms with Crippen LogP contribution in [0.1, 0.15) is 51.4 Å². The summed E-state index contributed by atoms with van der Waals surface area (Å²) < 4.78 is 85.7. The first-order valence-corrected chi connectivity index (χ1v) is 14.4. The van der Waals surface area contributed by atoms with Crippen LogP contribution in [0.15, 0.2) is 59.0 Å². The highest BCUT2D eigenvalue weighted by molar-refractivity contribution is 7.76. The lowest BCUT2D eigenvalue weighted by Gasteiger charge is -2.26. The normalized spacial score (nSPS) is 14.3. The maximum absolute atomic E-state index is 13.6. The van der Waals surface area contributed by atoms with Gasteiger partial charge in [0.2, 0.25) is 0 Å². The van der Waals surface area contributed by atoms with Crippen molar-refractivity contribution < 1.29 is 45.6 Å². The van der Waals surface area contributed by atoms with Crippen molar-refractivity contribution in [2.45, 2.75) is 37.9 Å². The Balaban J connectivity index is 1.49. The molecule has 0 aliphatic heterocycles. The number of nitrogens with zero attached hydrogens (tertiary/aromatic N) is 1. The molecule has 1 atom stereocenters. The minimum atomic E-state index is -4.84. The van der Waals surface area contributed by atoms with Gasteiger partial charge in [-0.25, -0.2) is 8.70 Å². The molecule has 3 N–H and O–H groups in total. The molecule has 1 amide bonds. The molecule has 4 aromatic rings. The SMILES string of the molecule is CNC(=O)c1c(-c2ccc(F)cc2)oc2cc(CN(CCc3ccc(B(O)O)c(C(F)(F)F)c3)S(=O)[O-])c(C3CC3)cc12. The van der Waals surface area contributed by atoms with E-state index >= 15 is 0 Å². The Hall–Kier alpha value is -3.56. The van der Waals surface area contributed by atoms with Crippen molar-refractivity contribution in [2.75, 3.05) is 13.6 Å². The lowest BCUT2D eigenvalue weighted by molar-refractivity contribution is -0.136. The molecule has 0 bridgehead atoms. The van der Waals surface area contributed by atoms with Crippen LogP contribution in [-0.4, -0.2) is 49.7 Å².